The Morgan fingerprint density at radius 1 is 1.37 bits per heavy atom. The fourth-order valence-electron chi connectivity index (χ4n) is 2.22. The number of hydrogen-bond acceptors (Lipinski definition) is 4. The predicted octanol–water partition coefficient (Wildman–Crippen LogP) is 1.12. The van der Waals surface area contributed by atoms with Crippen LogP contribution >= 0.6 is 0 Å². The molecule has 0 bridgehead atoms. The average molecular weight is 291 g/mol. The zero-order valence-corrected chi connectivity index (χ0v) is 11.2. The lowest BCUT2D eigenvalue weighted by atomic mass is 10.1. The molecule has 1 saturated heterocycles. The Morgan fingerprint density at radius 2 is 2.11 bits per heavy atom. The lowest BCUT2D eigenvalue weighted by Gasteiger charge is -2.30. The molecule has 1 aromatic carbocycles. The lowest BCUT2D eigenvalue weighted by molar-refractivity contribution is 0.0825. The third-order valence-corrected chi connectivity index (χ3v) is 5.48. The number of rotatable bonds is 3. The van der Waals surface area contributed by atoms with Gasteiger partial charge in [-0.2, -0.15) is 0 Å². The molecule has 0 saturated carbocycles. The summed E-state index contributed by atoms with van der Waals surface area (Å²) in [5.41, 5.74) is 0. The molecule has 0 radical (unpaired) electrons. The van der Waals surface area contributed by atoms with Gasteiger partial charge in [-0.3, -0.25) is 0 Å². The highest BCUT2D eigenvalue weighted by Gasteiger charge is 2.38. The van der Waals surface area contributed by atoms with E-state index in [2.05, 4.69) is 5.32 Å². The molecule has 4 nitrogen and oxygen atoms in total. The first-order chi connectivity index (χ1) is 8.96. The van der Waals surface area contributed by atoms with Crippen LogP contribution in [0.1, 0.15) is 6.42 Å². The van der Waals surface area contributed by atoms with Gasteiger partial charge in [-0.25, -0.2) is 17.2 Å². The largest absolute Gasteiger partial charge is 0.380 e. The number of hydrogen-bond donors (Lipinski definition) is 1. The van der Waals surface area contributed by atoms with E-state index in [1.807, 2.05) is 0 Å². The summed E-state index contributed by atoms with van der Waals surface area (Å²) in [6, 6.07) is 2.17. The molecule has 19 heavy (non-hydrogen) atoms. The van der Waals surface area contributed by atoms with E-state index < -0.39 is 31.6 Å². The maximum absolute atomic E-state index is 13.7. The molecular weight excluding hydrogens is 276 g/mol. The molecule has 1 aliphatic heterocycles. The molecule has 0 aromatic heterocycles. The highest BCUT2D eigenvalue weighted by Crippen LogP contribution is 2.25. The second-order valence-corrected chi connectivity index (χ2v) is 6.55. The molecule has 2 atom stereocenters. The van der Waals surface area contributed by atoms with Gasteiger partial charge < -0.3 is 10.1 Å². The number of halogens is 2. The summed E-state index contributed by atoms with van der Waals surface area (Å²) in [5, 5.41) is 2.04. The van der Waals surface area contributed by atoms with Crippen LogP contribution in [0, 0.1) is 11.6 Å². The Labute approximate surface area is 110 Å². The van der Waals surface area contributed by atoms with Crippen LogP contribution < -0.4 is 5.32 Å². The molecule has 2 rings (SSSR count). The molecule has 0 amide bonds. The smallest absolute Gasteiger partial charge is 0.187 e. The summed E-state index contributed by atoms with van der Waals surface area (Å²) >= 11 is 0. The molecule has 0 aliphatic carbocycles. The van der Waals surface area contributed by atoms with Crippen LogP contribution in [0.2, 0.25) is 0 Å². The number of nitrogens with one attached hydrogen (secondary N) is 1. The minimum Gasteiger partial charge on any atom is -0.380 e. The van der Waals surface area contributed by atoms with E-state index in [1.165, 1.54) is 0 Å². The molecule has 1 heterocycles. The van der Waals surface area contributed by atoms with Crippen molar-refractivity contribution >= 4 is 9.84 Å². The van der Waals surface area contributed by atoms with E-state index in [-0.39, 0.29) is 12.6 Å². The molecule has 7 heteroatoms. The van der Waals surface area contributed by atoms with Gasteiger partial charge >= 0.3 is 0 Å². The second kappa shape index (κ2) is 5.52. The Morgan fingerprint density at radius 3 is 2.74 bits per heavy atom. The summed E-state index contributed by atoms with van der Waals surface area (Å²) in [5.74, 6) is -1.87. The van der Waals surface area contributed by atoms with Crippen molar-refractivity contribution in [3.63, 3.8) is 0 Å². The van der Waals surface area contributed by atoms with E-state index in [0.717, 1.165) is 12.1 Å². The quantitative estimate of drug-likeness (QED) is 0.848. The maximum atomic E-state index is 13.7. The second-order valence-electron chi connectivity index (χ2n) is 4.42. The van der Waals surface area contributed by atoms with Crippen LogP contribution in [0.5, 0.6) is 0 Å². The topological polar surface area (TPSA) is 55.4 Å². The first kappa shape index (κ1) is 14.4. The highest BCUT2D eigenvalue weighted by molar-refractivity contribution is 7.92. The van der Waals surface area contributed by atoms with Crippen LogP contribution in [0.25, 0.3) is 0 Å². The minimum absolute atomic E-state index is 0.00462. The van der Waals surface area contributed by atoms with Crippen molar-refractivity contribution in [1.29, 1.82) is 0 Å². The molecule has 0 spiro atoms. The molecule has 1 N–H and O–H groups in total. The van der Waals surface area contributed by atoms with Crippen LogP contribution in [-0.4, -0.2) is 40.0 Å². The van der Waals surface area contributed by atoms with Crippen LogP contribution in [0.3, 0.4) is 0 Å². The summed E-state index contributed by atoms with van der Waals surface area (Å²) in [6.45, 7) is 0.466. The van der Waals surface area contributed by atoms with Crippen LogP contribution in [0.4, 0.5) is 8.78 Å². The van der Waals surface area contributed by atoms with Crippen LogP contribution in [-0.2, 0) is 14.6 Å². The molecule has 1 aromatic rings. The highest BCUT2D eigenvalue weighted by atomic mass is 32.2. The third kappa shape index (κ3) is 2.77. The van der Waals surface area contributed by atoms with Crippen molar-refractivity contribution in [1.82, 2.24) is 5.32 Å². The predicted molar refractivity (Wildman–Crippen MR) is 65.6 cm³/mol. The standard InChI is InChI=1S/C12H15F2NO3S/c1-15-10-4-5-18-7-12(10)19(16,17)11-3-2-8(13)6-9(11)14/h2-3,6,10,12,15H,4-5,7H2,1H3. The number of sulfone groups is 1. The van der Waals surface area contributed by atoms with Gasteiger partial charge in [0.2, 0.25) is 0 Å². The van der Waals surface area contributed by atoms with Gasteiger partial charge in [-0.15, -0.1) is 0 Å². The van der Waals surface area contributed by atoms with E-state index >= 15 is 0 Å². The average Bonchev–Trinajstić information content (AvgIpc) is 2.38. The first-order valence-electron chi connectivity index (χ1n) is 5.91. The van der Waals surface area contributed by atoms with Crippen molar-refractivity contribution in [3.8, 4) is 0 Å². The van der Waals surface area contributed by atoms with Gasteiger partial charge in [0.1, 0.15) is 21.8 Å². The van der Waals surface area contributed by atoms with Crippen LogP contribution in [0.15, 0.2) is 23.1 Å². The Balaban J connectivity index is 2.40. The van der Waals surface area contributed by atoms with Gasteiger partial charge in [0.25, 0.3) is 0 Å². The lowest BCUT2D eigenvalue weighted by Crippen LogP contribution is -2.49. The summed E-state index contributed by atoms with van der Waals surface area (Å²) in [6.07, 6.45) is 0.531. The Hall–Kier alpha value is -1.05. The van der Waals surface area contributed by atoms with Crippen molar-refractivity contribution in [2.24, 2.45) is 0 Å². The monoisotopic (exact) mass is 291 g/mol. The van der Waals surface area contributed by atoms with Gasteiger partial charge in [0.15, 0.2) is 9.84 Å². The molecule has 1 fully saturated rings. The maximum Gasteiger partial charge on any atom is 0.187 e. The van der Waals surface area contributed by atoms with Crippen molar-refractivity contribution < 1.29 is 21.9 Å². The molecular formula is C12H15F2NO3S. The SMILES string of the molecule is CNC1CCOCC1S(=O)(=O)c1ccc(F)cc1F. The molecule has 1 aliphatic rings. The van der Waals surface area contributed by atoms with Gasteiger partial charge in [-0.1, -0.05) is 0 Å². The van der Waals surface area contributed by atoms with E-state index in [1.54, 1.807) is 7.05 Å². The minimum atomic E-state index is -3.90. The Bertz CT molecular complexity index is 562. The fourth-order valence-corrected chi connectivity index (χ4v) is 4.11. The first-order valence-corrected chi connectivity index (χ1v) is 7.45. The number of ether oxygens (including phenoxy) is 1. The van der Waals surface area contributed by atoms with E-state index in [9.17, 15) is 17.2 Å². The molecule has 2 unspecified atom stereocenters. The summed E-state index contributed by atoms with van der Waals surface area (Å²) in [4.78, 5) is -0.482. The van der Waals surface area contributed by atoms with Crippen molar-refractivity contribution in [3.05, 3.63) is 29.8 Å². The van der Waals surface area contributed by atoms with E-state index in [4.69, 9.17) is 4.74 Å². The summed E-state index contributed by atoms with van der Waals surface area (Å²) < 4.78 is 56.5. The Kier molecular flexibility index (Phi) is 4.17. The molecule has 106 valence electrons. The third-order valence-electron chi connectivity index (χ3n) is 3.27. The number of benzene rings is 1. The van der Waals surface area contributed by atoms with E-state index in [0.29, 0.717) is 19.1 Å². The van der Waals surface area contributed by atoms with Crippen molar-refractivity contribution in [2.75, 3.05) is 20.3 Å². The van der Waals surface area contributed by atoms with Crippen molar-refractivity contribution in [2.45, 2.75) is 22.6 Å². The van der Waals surface area contributed by atoms with Gasteiger partial charge in [-0.05, 0) is 25.6 Å². The normalized spacial score (nSPS) is 24.4. The zero-order valence-electron chi connectivity index (χ0n) is 10.4. The fraction of sp³-hybridized carbons (Fsp3) is 0.500. The van der Waals surface area contributed by atoms with Gasteiger partial charge in [0, 0.05) is 18.7 Å². The van der Waals surface area contributed by atoms with Gasteiger partial charge in [0.05, 0.1) is 6.61 Å². The zero-order chi connectivity index (χ0) is 14.0. The summed E-state index contributed by atoms with van der Waals surface area (Å²) in [7, 11) is -2.25.